The van der Waals surface area contributed by atoms with Gasteiger partial charge in [-0.3, -0.25) is 0 Å². The Morgan fingerprint density at radius 2 is 1.42 bits per heavy atom. The minimum absolute atomic E-state index is 1.02. The van der Waals surface area contributed by atoms with E-state index in [1.54, 1.807) is 0 Å². The van der Waals surface area contributed by atoms with Crippen molar-refractivity contribution >= 4 is 22.1 Å². The van der Waals surface area contributed by atoms with Crippen LogP contribution in [0.25, 0.3) is 21.9 Å². The highest BCUT2D eigenvalue weighted by atomic mass is 14.9. The molecule has 1 aliphatic carbocycles. The molecule has 0 heterocycles. The summed E-state index contributed by atoms with van der Waals surface area (Å²) in [5.74, 6) is 0. The van der Waals surface area contributed by atoms with E-state index < -0.39 is 0 Å². The molecule has 0 saturated carbocycles. The molecule has 0 aliphatic heterocycles. The molecule has 1 N–H and O–H groups in total. The summed E-state index contributed by atoms with van der Waals surface area (Å²) < 4.78 is 0. The molecule has 0 fully saturated rings. The van der Waals surface area contributed by atoms with E-state index >= 15 is 0 Å². The van der Waals surface area contributed by atoms with Crippen molar-refractivity contribution in [2.45, 2.75) is 6.42 Å². The second-order valence-corrected chi connectivity index (χ2v) is 6.36. The van der Waals surface area contributed by atoms with Gasteiger partial charge in [-0.25, -0.2) is 0 Å². The van der Waals surface area contributed by atoms with E-state index in [9.17, 15) is 0 Å². The maximum absolute atomic E-state index is 3.60. The van der Waals surface area contributed by atoms with Gasteiger partial charge >= 0.3 is 0 Å². The lowest BCUT2D eigenvalue weighted by molar-refractivity contribution is 1.26. The molecular weight excluding hydrogens is 290 g/mol. The molecule has 0 bridgehead atoms. The minimum Gasteiger partial charge on any atom is -0.355 e. The van der Waals surface area contributed by atoms with E-state index in [1.165, 1.54) is 33.0 Å². The standard InChI is InChI=1S/C23H17N/c1-4-10-22-16(6-1)8-5-11-23(22)24-19-12-13-21-18(15-19)14-17-7-2-3-9-20(17)21/h1-13,15,24H,14H2. The highest BCUT2D eigenvalue weighted by Gasteiger charge is 2.17. The Morgan fingerprint density at radius 1 is 0.625 bits per heavy atom. The van der Waals surface area contributed by atoms with Gasteiger partial charge in [0, 0.05) is 16.8 Å². The van der Waals surface area contributed by atoms with Crippen LogP contribution in [-0.4, -0.2) is 0 Å². The molecule has 4 aromatic rings. The van der Waals surface area contributed by atoms with Gasteiger partial charge in [0.1, 0.15) is 0 Å². The van der Waals surface area contributed by atoms with Gasteiger partial charge in [-0.15, -0.1) is 0 Å². The van der Waals surface area contributed by atoms with Crippen molar-refractivity contribution in [3.05, 3.63) is 96.1 Å². The van der Waals surface area contributed by atoms with Crippen LogP contribution in [0.4, 0.5) is 11.4 Å². The fourth-order valence-corrected chi connectivity index (χ4v) is 3.71. The maximum atomic E-state index is 3.60. The highest BCUT2D eigenvalue weighted by Crippen LogP contribution is 2.38. The normalized spacial score (nSPS) is 12.0. The van der Waals surface area contributed by atoms with E-state index in [1.807, 2.05) is 0 Å². The molecular formula is C23H17N. The van der Waals surface area contributed by atoms with Gasteiger partial charge in [0.25, 0.3) is 0 Å². The molecule has 0 unspecified atom stereocenters. The Morgan fingerprint density at radius 3 is 2.42 bits per heavy atom. The predicted molar refractivity (Wildman–Crippen MR) is 102 cm³/mol. The zero-order chi connectivity index (χ0) is 15.9. The monoisotopic (exact) mass is 307 g/mol. The number of hydrogen-bond donors (Lipinski definition) is 1. The smallest absolute Gasteiger partial charge is 0.0463 e. The summed E-state index contributed by atoms with van der Waals surface area (Å²) in [6.07, 6.45) is 1.02. The van der Waals surface area contributed by atoms with Crippen molar-refractivity contribution in [2.24, 2.45) is 0 Å². The summed E-state index contributed by atoms with van der Waals surface area (Å²) in [5, 5.41) is 6.12. The third-order valence-electron chi connectivity index (χ3n) is 4.86. The quantitative estimate of drug-likeness (QED) is 0.412. The van der Waals surface area contributed by atoms with E-state index in [-0.39, 0.29) is 0 Å². The van der Waals surface area contributed by atoms with Crippen LogP contribution in [-0.2, 0) is 6.42 Å². The zero-order valence-electron chi connectivity index (χ0n) is 13.3. The second-order valence-electron chi connectivity index (χ2n) is 6.36. The topological polar surface area (TPSA) is 12.0 Å². The summed E-state index contributed by atoms with van der Waals surface area (Å²) in [6, 6.07) is 30.3. The van der Waals surface area contributed by atoms with Crippen LogP contribution in [0.2, 0.25) is 0 Å². The van der Waals surface area contributed by atoms with Crippen LogP contribution >= 0.6 is 0 Å². The average molecular weight is 307 g/mol. The lowest BCUT2D eigenvalue weighted by atomic mass is 10.0. The predicted octanol–water partition coefficient (Wildman–Crippen LogP) is 6.15. The summed E-state index contributed by atoms with van der Waals surface area (Å²) in [6.45, 7) is 0. The van der Waals surface area contributed by atoms with Gasteiger partial charge in [0.15, 0.2) is 0 Å². The van der Waals surface area contributed by atoms with Crippen molar-refractivity contribution in [3.8, 4) is 11.1 Å². The highest BCUT2D eigenvalue weighted by molar-refractivity contribution is 5.95. The van der Waals surface area contributed by atoms with Gasteiger partial charge in [0.05, 0.1) is 0 Å². The van der Waals surface area contributed by atoms with Gasteiger partial charge in [-0.2, -0.15) is 0 Å². The van der Waals surface area contributed by atoms with Gasteiger partial charge in [-0.1, -0.05) is 66.7 Å². The lowest BCUT2D eigenvalue weighted by Crippen LogP contribution is -1.92. The Hall–Kier alpha value is -3.06. The van der Waals surface area contributed by atoms with Gasteiger partial charge in [0.2, 0.25) is 0 Å². The molecule has 4 aromatic carbocycles. The largest absolute Gasteiger partial charge is 0.355 e. The minimum atomic E-state index is 1.02. The van der Waals surface area contributed by atoms with Crippen molar-refractivity contribution in [3.63, 3.8) is 0 Å². The summed E-state index contributed by atoms with van der Waals surface area (Å²) in [4.78, 5) is 0. The molecule has 1 nitrogen and oxygen atoms in total. The van der Waals surface area contributed by atoms with Crippen LogP contribution in [0.5, 0.6) is 0 Å². The Labute approximate surface area is 141 Å². The number of benzene rings is 4. The lowest BCUT2D eigenvalue weighted by Gasteiger charge is -2.11. The van der Waals surface area contributed by atoms with E-state index in [4.69, 9.17) is 0 Å². The second kappa shape index (κ2) is 5.24. The number of nitrogens with one attached hydrogen (secondary N) is 1. The van der Waals surface area contributed by atoms with Gasteiger partial charge < -0.3 is 5.32 Å². The third-order valence-corrected chi connectivity index (χ3v) is 4.86. The Balaban J connectivity index is 1.54. The molecule has 1 heteroatoms. The van der Waals surface area contributed by atoms with Crippen LogP contribution in [0.15, 0.2) is 84.9 Å². The number of anilines is 2. The van der Waals surface area contributed by atoms with Crippen LogP contribution in [0, 0.1) is 0 Å². The average Bonchev–Trinajstić information content (AvgIpc) is 3.00. The zero-order valence-corrected chi connectivity index (χ0v) is 13.3. The van der Waals surface area contributed by atoms with Crippen LogP contribution in [0.1, 0.15) is 11.1 Å². The van der Waals surface area contributed by atoms with E-state index in [0.29, 0.717) is 0 Å². The Bertz CT molecular complexity index is 1060. The summed E-state index contributed by atoms with van der Waals surface area (Å²) in [5.41, 5.74) is 7.89. The molecule has 5 rings (SSSR count). The molecule has 0 amide bonds. The molecule has 0 spiro atoms. The number of rotatable bonds is 2. The Kier molecular flexibility index (Phi) is 2.92. The van der Waals surface area contributed by atoms with Crippen molar-refractivity contribution in [1.29, 1.82) is 0 Å². The molecule has 0 aromatic heterocycles. The number of fused-ring (bicyclic) bond motifs is 4. The van der Waals surface area contributed by atoms with Crippen molar-refractivity contribution < 1.29 is 0 Å². The molecule has 24 heavy (non-hydrogen) atoms. The van der Waals surface area contributed by atoms with Gasteiger partial charge in [-0.05, 0) is 52.3 Å². The first-order valence-electron chi connectivity index (χ1n) is 8.34. The molecule has 0 atom stereocenters. The number of hydrogen-bond acceptors (Lipinski definition) is 1. The fraction of sp³-hybridized carbons (Fsp3) is 0.0435. The van der Waals surface area contributed by atoms with E-state index in [0.717, 1.165) is 17.8 Å². The fourth-order valence-electron chi connectivity index (χ4n) is 3.71. The first kappa shape index (κ1) is 13.4. The molecule has 1 aliphatic rings. The third kappa shape index (κ3) is 2.10. The summed E-state index contributed by atoms with van der Waals surface area (Å²) >= 11 is 0. The van der Waals surface area contributed by atoms with Crippen molar-refractivity contribution in [2.75, 3.05) is 5.32 Å². The first-order valence-corrected chi connectivity index (χ1v) is 8.34. The van der Waals surface area contributed by atoms with Crippen LogP contribution < -0.4 is 5.32 Å². The molecule has 114 valence electrons. The van der Waals surface area contributed by atoms with Crippen LogP contribution in [0.3, 0.4) is 0 Å². The SMILES string of the molecule is c1ccc2c(c1)Cc1cc(Nc3cccc4ccccc34)ccc1-2. The summed E-state index contributed by atoms with van der Waals surface area (Å²) in [7, 11) is 0. The first-order chi connectivity index (χ1) is 11.9. The molecule has 0 saturated heterocycles. The molecule has 0 radical (unpaired) electrons. The van der Waals surface area contributed by atoms with Crippen molar-refractivity contribution in [1.82, 2.24) is 0 Å². The van der Waals surface area contributed by atoms with E-state index in [2.05, 4.69) is 90.2 Å². The maximum Gasteiger partial charge on any atom is 0.0463 e.